The van der Waals surface area contributed by atoms with Gasteiger partial charge >= 0.3 is 8.03 Å². The van der Waals surface area contributed by atoms with E-state index in [0.717, 1.165) is 9.21 Å². The molecular weight excluding hydrogens is 234 g/mol. The standard InChI is InChI=1S/CH3IO2PS/c1-5(3)4-6-2/h1H3/q+1. The Morgan fingerprint density at radius 1 is 2.00 bits per heavy atom. The van der Waals surface area contributed by atoms with Gasteiger partial charge in [0.2, 0.25) is 0 Å². The predicted molar refractivity (Wildman–Crippen MR) is 36.2 cm³/mol. The summed E-state index contributed by atoms with van der Waals surface area (Å²) < 4.78 is 14.4. The summed E-state index contributed by atoms with van der Waals surface area (Å²) in [5.41, 5.74) is 0. The maximum Gasteiger partial charge on any atom is 0.517 e. The van der Waals surface area contributed by atoms with Crippen LogP contribution in [0.1, 0.15) is 0 Å². The van der Waals surface area contributed by atoms with Crippen molar-refractivity contribution in [3.05, 3.63) is 0 Å². The van der Waals surface area contributed by atoms with Gasteiger partial charge in [-0.2, -0.15) is 0 Å². The van der Waals surface area contributed by atoms with E-state index in [1.54, 1.807) is 0 Å². The number of hydrogen-bond donors (Lipinski definition) is 0. The number of hydrogen-bond acceptors (Lipinski definition) is 3. The normalized spacial score (nSPS) is 11.3. The van der Waals surface area contributed by atoms with E-state index in [9.17, 15) is 4.57 Å². The van der Waals surface area contributed by atoms with Gasteiger partial charge in [-0.15, -0.1) is 0 Å². The van der Waals surface area contributed by atoms with Crippen LogP contribution in [0.25, 0.3) is 0 Å². The SMILES string of the molecule is C[P+](=O)OSI. The molecule has 0 aromatic rings. The van der Waals surface area contributed by atoms with Gasteiger partial charge in [0.25, 0.3) is 0 Å². The highest BCUT2D eigenvalue weighted by molar-refractivity contribution is 14.2. The minimum atomic E-state index is -1.40. The first-order chi connectivity index (χ1) is 2.77. The zero-order valence-electron chi connectivity index (χ0n) is 3.05. The van der Waals surface area contributed by atoms with E-state index in [0.29, 0.717) is 0 Å². The largest absolute Gasteiger partial charge is 0.517 e. The van der Waals surface area contributed by atoms with Crippen LogP contribution in [0.5, 0.6) is 0 Å². The average molecular weight is 237 g/mol. The second-order valence-corrected chi connectivity index (χ2v) is 3.26. The van der Waals surface area contributed by atoms with Crippen LogP contribution in [-0.2, 0) is 8.54 Å². The Morgan fingerprint density at radius 3 is 2.50 bits per heavy atom. The van der Waals surface area contributed by atoms with Crippen molar-refractivity contribution >= 4 is 38.4 Å². The van der Waals surface area contributed by atoms with Crippen LogP contribution in [0, 0.1) is 0 Å². The predicted octanol–water partition coefficient (Wildman–Crippen LogP) is 2.37. The molecule has 6 heavy (non-hydrogen) atoms. The summed E-state index contributed by atoms with van der Waals surface area (Å²) in [5.74, 6) is 0. The average Bonchev–Trinajstić information content (AvgIpc) is 1.35. The molecule has 36 valence electrons. The molecule has 0 spiro atoms. The van der Waals surface area contributed by atoms with Gasteiger partial charge in [0.1, 0.15) is 9.21 Å². The lowest BCUT2D eigenvalue weighted by atomic mass is 12.0. The van der Waals surface area contributed by atoms with Crippen LogP contribution in [0.3, 0.4) is 0 Å². The Hall–Kier alpha value is 1.14. The van der Waals surface area contributed by atoms with E-state index in [1.165, 1.54) is 6.66 Å². The van der Waals surface area contributed by atoms with Gasteiger partial charge in [-0.3, -0.25) is 0 Å². The van der Waals surface area contributed by atoms with Crippen molar-refractivity contribution in [2.24, 2.45) is 0 Å². The maximum atomic E-state index is 9.94. The zero-order valence-corrected chi connectivity index (χ0v) is 6.92. The second-order valence-electron chi connectivity index (χ2n) is 0.577. The molecule has 0 saturated heterocycles. The first-order valence-electron chi connectivity index (χ1n) is 1.13. The van der Waals surface area contributed by atoms with Crippen molar-refractivity contribution in [2.45, 2.75) is 0 Å². The Balaban J connectivity index is 2.83. The fraction of sp³-hybridized carbons (Fsp3) is 1.00. The van der Waals surface area contributed by atoms with Crippen LogP contribution in [0.2, 0.25) is 0 Å². The zero-order chi connectivity index (χ0) is 4.99. The lowest BCUT2D eigenvalue weighted by Crippen LogP contribution is -1.48. The minimum Gasteiger partial charge on any atom is -0.0612 e. The van der Waals surface area contributed by atoms with Gasteiger partial charge in [0.05, 0.1) is 0 Å². The number of rotatable bonds is 2. The molecule has 0 rings (SSSR count). The van der Waals surface area contributed by atoms with E-state index in [2.05, 4.69) is 3.97 Å². The van der Waals surface area contributed by atoms with Gasteiger partial charge in [-0.25, -0.2) is 0 Å². The maximum absolute atomic E-state index is 9.94. The monoisotopic (exact) mass is 237 g/mol. The summed E-state index contributed by atoms with van der Waals surface area (Å²) in [6.45, 7) is 1.51. The van der Waals surface area contributed by atoms with Gasteiger partial charge in [-0.1, -0.05) is 3.97 Å². The molecule has 1 atom stereocenters. The molecule has 0 bridgehead atoms. The first-order valence-corrected chi connectivity index (χ1v) is 6.04. The van der Waals surface area contributed by atoms with Crippen molar-refractivity contribution in [2.75, 3.05) is 6.66 Å². The molecule has 0 radical (unpaired) electrons. The van der Waals surface area contributed by atoms with Gasteiger partial charge in [-0.05, 0) is 4.57 Å². The van der Waals surface area contributed by atoms with E-state index in [1.807, 2.05) is 21.2 Å². The molecular formula is CH3IO2PS+. The van der Waals surface area contributed by atoms with E-state index in [4.69, 9.17) is 0 Å². The van der Waals surface area contributed by atoms with Crippen LogP contribution in [0.4, 0.5) is 0 Å². The number of halogens is 1. The summed E-state index contributed by atoms with van der Waals surface area (Å²) in [4.78, 5) is 0. The molecule has 0 saturated carbocycles. The van der Waals surface area contributed by atoms with Gasteiger partial charge in [0.15, 0.2) is 6.66 Å². The second kappa shape index (κ2) is 4.30. The van der Waals surface area contributed by atoms with Crippen LogP contribution in [0.15, 0.2) is 0 Å². The summed E-state index contributed by atoms with van der Waals surface area (Å²) in [5, 5.41) is 0. The van der Waals surface area contributed by atoms with E-state index < -0.39 is 8.03 Å². The third-order valence-corrected chi connectivity index (χ3v) is 2.65. The summed E-state index contributed by atoms with van der Waals surface area (Å²) >= 11 is 1.91. The summed E-state index contributed by atoms with van der Waals surface area (Å²) in [6, 6.07) is 0. The summed E-state index contributed by atoms with van der Waals surface area (Å²) in [7, 11) is -0.299. The fourth-order valence-electron chi connectivity index (χ4n) is 0.0397. The molecule has 0 aliphatic carbocycles. The molecule has 0 fully saturated rings. The van der Waals surface area contributed by atoms with Crippen LogP contribution in [-0.4, -0.2) is 6.66 Å². The first kappa shape index (κ1) is 7.14. The highest BCUT2D eigenvalue weighted by atomic mass is 127. The highest BCUT2D eigenvalue weighted by Crippen LogP contribution is 2.28. The third-order valence-electron chi connectivity index (χ3n) is 0.133. The Kier molecular flexibility index (Phi) is 5.12. The van der Waals surface area contributed by atoms with Crippen molar-refractivity contribution in [1.82, 2.24) is 0 Å². The minimum absolute atomic E-state index is 1.10. The highest BCUT2D eigenvalue weighted by Gasteiger charge is 2.03. The fourth-order valence-corrected chi connectivity index (χ4v) is 2.40. The molecule has 0 N–H and O–H groups in total. The molecule has 5 heteroatoms. The Labute approximate surface area is 53.7 Å². The quantitative estimate of drug-likeness (QED) is 0.419. The molecule has 0 aromatic heterocycles. The van der Waals surface area contributed by atoms with Crippen molar-refractivity contribution in [3.8, 4) is 0 Å². The van der Waals surface area contributed by atoms with Gasteiger partial charge < -0.3 is 0 Å². The molecule has 1 unspecified atom stereocenters. The van der Waals surface area contributed by atoms with E-state index >= 15 is 0 Å². The lowest BCUT2D eigenvalue weighted by Gasteiger charge is -1.66. The molecule has 0 aliphatic heterocycles. The lowest BCUT2D eigenvalue weighted by molar-refractivity contribution is 0.542. The summed E-state index contributed by atoms with van der Waals surface area (Å²) in [6.07, 6.45) is 0. The van der Waals surface area contributed by atoms with Crippen LogP contribution < -0.4 is 0 Å². The molecule has 0 amide bonds. The van der Waals surface area contributed by atoms with Crippen molar-refractivity contribution < 1.29 is 8.54 Å². The molecule has 0 aromatic carbocycles. The van der Waals surface area contributed by atoms with Crippen LogP contribution >= 0.6 is 38.4 Å². The topological polar surface area (TPSA) is 26.3 Å². The third kappa shape index (κ3) is 5.14. The smallest absolute Gasteiger partial charge is 0.0612 e. The molecule has 2 nitrogen and oxygen atoms in total. The molecule has 0 aliphatic rings. The molecule has 0 heterocycles. The van der Waals surface area contributed by atoms with Crippen molar-refractivity contribution in [1.29, 1.82) is 0 Å². The van der Waals surface area contributed by atoms with Gasteiger partial charge in [0, 0.05) is 21.2 Å². The van der Waals surface area contributed by atoms with Crippen molar-refractivity contribution in [3.63, 3.8) is 0 Å². The Morgan fingerprint density at radius 2 is 2.50 bits per heavy atom. The Bertz CT molecular complexity index is 57.5. The van der Waals surface area contributed by atoms with E-state index in [-0.39, 0.29) is 0 Å².